The third-order valence-corrected chi connectivity index (χ3v) is 5.02. The van der Waals surface area contributed by atoms with E-state index in [-0.39, 0.29) is 29.7 Å². The second kappa shape index (κ2) is 9.02. The Hall–Kier alpha value is -3.29. The number of aromatic amines is 1. The number of hydrogen-bond donors (Lipinski definition) is 2. The smallest absolute Gasteiger partial charge is 0.237 e. The maximum atomic E-state index is 13.5. The van der Waals surface area contributed by atoms with Crippen LogP contribution in [0.25, 0.3) is 22.2 Å². The molecule has 2 aromatic carbocycles. The number of H-pyrrole nitrogens is 1. The molecule has 1 aliphatic rings. The van der Waals surface area contributed by atoms with E-state index in [1.807, 2.05) is 0 Å². The van der Waals surface area contributed by atoms with Gasteiger partial charge in [0, 0.05) is 30.1 Å². The molecule has 3 aromatic rings. The van der Waals surface area contributed by atoms with Crippen molar-refractivity contribution >= 4 is 22.7 Å². The third-order valence-electron chi connectivity index (χ3n) is 5.02. The molecule has 2 amide bonds. The van der Waals surface area contributed by atoms with Crippen LogP contribution in [0.15, 0.2) is 42.5 Å². The van der Waals surface area contributed by atoms with Crippen LogP contribution in [0, 0.1) is 23.4 Å². The number of rotatable bonds is 4. The van der Waals surface area contributed by atoms with Crippen molar-refractivity contribution in [3.63, 3.8) is 0 Å². The molecule has 0 saturated heterocycles. The lowest BCUT2D eigenvalue weighted by atomic mass is 9.84. The molecule has 1 aliphatic carbocycles. The first kappa shape index (κ1) is 21.4. The van der Waals surface area contributed by atoms with E-state index in [4.69, 9.17) is 5.73 Å². The zero-order valence-electron chi connectivity index (χ0n) is 16.4. The molecule has 0 atom stereocenters. The SMILES string of the molecule is CN(CC(N)=O)C(=O)C1CCC1.Fc1ccc(-c2cc3cc(F)cc(F)c3[nH]2)cc1. The molecule has 1 fully saturated rings. The third kappa shape index (κ3) is 5.00. The van der Waals surface area contributed by atoms with Gasteiger partial charge >= 0.3 is 0 Å². The Bertz CT molecular complexity index is 1060. The molecule has 8 heteroatoms. The molecule has 4 rings (SSSR count). The zero-order chi connectivity index (χ0) is 21.8. The van der Waals surface area contributed by atoms with Crippen molar-refractivity contribution in [1.29, 1.82) is 0 Å². The van der Waals surface area contributed by atoms with Crippen LogP contribution in [-0.2, 0) is 9.59 Å². The predicted molar refractivity (Wildman–Crippen MR) is 108 cm³/mol. The number of nitrogens with two attached hydrogens (primary N) is 1. The first-order valence-electron chi connectivity index (χ1n) is 9.51. The van der Waals surface area contributed by atoms with Gasteiger partial charge < -0.3 is 15.6 Å². The lowest BCUT2D eigenvalue weighted by Gasteiger charge is -2.28. The summed E-state index contributed by atoms with van der Waals surface area (Å²) < 4.78 is 39.4. The number of likely N-dealkylation sites (N-methyl/N-ethyl adjacent to an activating group) is 1. The number of fused-ring (bicyclic) bond motifs is 1. The highest BCUT2D eigenvalue weighted by Gasteiger charge is 2.28. The lowest BCUT2D eigenvalue weighted by Crippen LogP contribution is -2.40. The molecule has 1 aromatic heterocycles. The van der Waals surface area contributed by atoms with E-state index >= 15 is 0 Å². The summed E-state index contributed by atoms with van der Waals surface area (Å²) in [5.74, 6) is -1.85. The summed E-state index contributed by atoms with van der Waals surface area (Å²) >= 11 is 0. The topological polar surface area (TPSA) is 79.2 Å². The van der Waals surface area contributed by atoms with Gasteiger partial charge in [0.15, 0.2) is 0 Å². The summed E-state index contributed by atoms with van der Waals surface area (Å²) in [7, 11) is 1.62. The number of halogens is 3. The molecule has 1 heterocycles. The van der Waals surface area contributed by atoms with Crippen molar-refractivity contribution in [3.8, 4) is 11.3 Å². The Labute approximate surface area is 171 Å². The van der Waals surface area contributed by atoms with E-state index in [2.05, 4.69) is 4.98 Å². The van der Waals surface area contributed by atoms with E-state index < -0.39 is 17.5 Å². The second-order valence-electron chi connectivity index (χ2n) is 7.33. The Morgan fingerprint density at radius 2 is 1.73 bits per heavy atom. The predicted octanol–water partition coefficient (Wildman–Crippen LogP) is 3.98. The summed E-state index contributed by atoms with van der Waals surface area (Å²) in [6, 6.07) is 9.50. The quantitative estimate of drug-likeness (QED) is 0.673. The molecular formula is C22H22F3N3O2. The van der Waals surface area contributed by atoms with Crippen LogP contribution in [0.5, 0.6) is 0 Å². The number of amides is 2. The van der Waals surface area contributed by atoms with E-state index in [1.54, 1.807) is 25.2 Å². The normalized spacial score (nSPS) is 13.3. The van der Waals surface area contributed by atoms with Gasteiger partial charge in [-0.15, -0.1) is 0 Å². The maximum absolute atomic E-state index is 13.5. The highest BCUT2D eigenvalue weighted by Crippen LogP contribution is 2.28. The maximum Gasteiger partial charge on any atom is 0.237 e. The van der Waals surface area contributed by atoms with Gasteiger partial charge in [-0.1, -0.05) is 6.42 Å². The molecule has 5 nitrogen and oxygen atoms in total. The number of carbonyl (C=O) groups excluding carboxylic acids is 2. The van der Waals surface area contributed by atoms with Gasteiger partial charge in [-0.3, -0.25) is 9.59 Å². The van der Waals surface area contributed by atoms with Gasteiger partial charge in [0.2, 0.25) is 11.8 Å². The van der Waals surface area contributed by atoms with Crippen LogP contribution in [-0.4, -0.2) is 35.3 Å². The minimum Gasteiger partial charge on any atom is -0.368 e. The van der Waals surface area contributed by atoms with Gasteiger partial charge in [-0.25, -0.2) is 13.2 Å². The minimum atomic E-state index is -0.640. The van der Waals surface area contributed by atoms with Crippen molar-refractivity contribution in [2.24, 2.45) is 11.7 Å². The molecule has 1 saturated carbocycles. The summed E-state index contributed by atoms with van der Waals surface area (Å²) in [4.78, 5) is 26.1. The number of aromatic nitrogens is 1. The monoisotopic (exact) mass is 417 g/mol. The first-order valence-corrected chi connectivity index (χ1v) is 9.51. The van der Waals surface area contributed by atoms with Crippen molar-refractivity contribution in [1.82, 2.24) is 9.88 Å². The van der Waals surface area contributed by atoms with Gasteiger partial charge in [-0.05, 0) is 54.8 Å². The van der Waals surface area contributed by atoms with Crippen LogP contribution < -0.4 is 5.73 Å². The van der Waals surface area contributed by atoms with E-state index in [0.29, 0.717) is 16.6 Å². The fourth-order valence-electron chi connectivity index (χ4n) is 3.23. The first-order chi connectivity index (χ1) is 14.2. The average Bonchev–Trinajstić information content (AvgIpc) is 3.05. The standard InChI is InChI=1S/C14H8F3N.C8H14N2O2/c15-10-3-1-8(2-4-10)13-6-9-5-11(16)7-12(17)14(9)18-13;1-10(5-7(9)11)8(12)6-3-2-4-6/h1-7,18H;6H,2-5H2,1H3,(H2,9,11). The van der Waals surface area contributed by atoms with Crippen molar-refractivity contribution in [3.05, 3.63) is 59.9 Å². The summed E-state index contributed by atoms with van der Waals surface area (Å²) in [6.45, 7) is 0.0370. The molecule has 30 heavy (non-hydrogen) atoms. The molecule has 3 N–H and O–H groups in total. The number of benzene rings is 2. The van der Waals surface area contributed by atoms with Gasteiger partial charge in [0.1, 0.15) is 17.5 Å². The molecule has 0 spiro atoms. The van der Waals surface area contributed by atoms with Gasteiger partial charge in [0.05, 0.1) is 12.1 Å². The molecule has 158 valence electrons. The van der Waals surface area contributed by atoms with Crippen LogP contribution in [0.3, 0.4) is 0 Å². The minimum absolute atomic E-state index is 0.0370. The van der Waals surface area contributed by atoms with E-state index in [9.17, 15) is 22.8 Å². The van der Waals surface area contributed by atoms with E-state index in [1.165, 1.54) is 23.1 Å². The Morgan fingerprint density at radius 1 is 1.07 bits per heavy atom. The summed E-state index contributed by atoms with van der Waals surface area (Å²) in [5.41, 5.74) is 6.54. The number of nitrogens with one attached hydrogen (secondary N) is 1. The Kier molecular flexibility index (Phi) is 6.44. The van der Waals surface area contributed by atoms with Gasteiger partial charge in [-0.2, -0.15) is 0 Å². The number of nitrogens with zero attached hydrogens (tertiary/aromatic N) is 1. The molecule has 0 unspecified atom stereocenters. The average molecular weight is 417 g/mol. The lowest BCUT2D eigenvalue weighted by molar-refractivity contribution is -0.139. The van der Waals surface area contributed by atoms with Crippen molar-refractivity contribution < 1.29 is 22.8 Å². The molecular weight excluding hydrogens is 395 g/mol. The second-order valence-corrected chi connectivity index (χ2v) is 7.33. The molecule has 0 bridgehead atoms. The van der Waals surface area contributed by atoms with Crippen LogP contribution in [0.2, 0.25) is 0 Å². The summed E-state index contributed by atoms with van der Waals surface area (Å²) in [5, 5.41) is 0.451. The van der Waals surface area contributed by atoms with Crippen LogP contribution in [0.1, 0.15) is 19.3 Å². The fraction of sp³-hybridized carbons (Fsp3) is 0.273. The van der Waals surface area contributed by atoms with Crippen molar-refractivity contribution in [2.45, 2.75) is 19.3 Å². The summed E-state index contributed by atoms with van der Waals surface area (Å²) in [6.07, 6.45) is 3.05. The molecule has 0 radical (unpaired) electrons. The Morgan fingerprint density at radius 3 is 2.30 bits per heavy atom. The number of carbonyl (C=O) groups is 2. The highest BCUT2D eigenvalue weighted by molar-refractivity contribution is 5.86. The molecule has 0 aliphatic heterocycles. The number of hydrogen-bond acceptors (Lipinski definition) is 2. The van der Waals surface area contributed by atoms with Gasteiger partial charge in [0.25, 0.3) is 0 Å². The largest absolute Gasteiger partial charge is 0.368 e. The van der Waals surface area contributed by atoms with E-state index in [0.717, 1.165) is 25.3 Å². The fourth-order valence-corrected chi connectivity index (χ4v) is 3.23. The van der Waals surface area contributed by atoms with Crippen LogP contribution >= 0.6 is 0 Å². The number of primary amides is 1. The van der Waals surface area contributed by atoms with Crippen LogP contribution in [0.4, 0.5) is 13.2 Å². The van der Waals surface area contributed by atoms with Crippen molar-refractivity contribution in [2.75, 3.05) is 13.6 Å². The highest BCUT2D eigenvalue weighted by atomic mass is 19.1. The zero-order valence-corrected chi connectivity index (χ0v) is 16.4. The Balaban J connectivity index is 0.000000187.